The van der Waals surface area contributed by atoms with Gasteiger partial charge in [0.25, 0.3) is 0 Å². The zero-order valence-corrected chi connectivity index (χ0v) is 15.2. The molecule has 0 rings (SSSR count). The van der Waals surface area contributed by atoms with Crippen LogP contribution in [0.5, 0.6) is 0 Å². The molecule has 6 nitrogen and oxygen atoms in total. The quantitative estimate of drug-likeness (QED) is 0.343. The maximum Gasteiger partial charge on any atom is 0.220 e. The maximum absolute atomic E-state index is 11.5. The maximum atomic E-state index is 11.5. The molecule has 0 radical (unpaired) electrons. The van der Waals surface area contributed by atoms with Crippen LogP contribution in [0.2, 0.25) is 0 Å². The highest BCUT2D eigenvalue weighted by Crippen LogP contribution is 2.22. The predicted octanol–water partition coefficient (Wildman–Crippen LogP) is 1.45. The molecule has 130 valence electrons. The monoisotopic (exact) mass is 352 g/mol. The minimum Gasteiger partial charge on any atom is -0.380 e. The van der Waals surface area contributed by atoms with Crippen molar-refractivity contribution in [3.8, 4) is 0 Å². The molecule has 0 aromatic rings. The first-order valence-corrected chi connectivity index (χ1v) is 10.1. The van der Waals surface area contributed by atoms with Crippen molar-refractivity contribution >= 4 is 33.4 Å². The van der Waals surface area contributed by atoms with E-state index < -0.39 is 0 Å². The number of carbonyl (C=O) groups is 2. The van der Waals surface area contributed by atoms with Crippen LogP contribution in [0, 0.1) is 0 Å². The fraction of sp³-hybridized carbons (Fsp3) is 0.857. The number of nitrogens with one attached hydrogen (secondary N) is 2. The van der Waals surface area contributed by atoms with Gasteiger partial charge in [0.15, 0.2) is 0 Å². The Morgan fingerprint density at radius 1 is 0.818 bits per heavy atom. The largest absolute Gasteiger partial charge is 0.380 e. The summed E-state index contributed by atoms with van der Waals surface area (Å²) in [4.78, 5) is 22.9. The minimum atomic E-state index is 0.0430. The summed E-state index contributed by atoms with van der Waals surface area (Å²) in [7, 11) is 3.24. The van der Waals surface area contributed by atoms with E-state index in [0.29, 0.717) is 52.4 Å². The Bertz CT molecular complexity index is 266. The van der Waals surface area contributed by atoms with Crippen molar-refractivity contribution in [2.75, 3.05) is 51.0 Å². The molecule has 0 aromatic carbocycles. The second-order valence-corrected chi connectivity index (χ2v) is 6.94. The third kappa shape index (κ3) is 15.9. The fourth-order valence-corrected chi connectivity index (χ4v) is 3.36. The van der Waals surface area contributed by atoms with E-state index in [0.717, 1.165) is 11.5 Å². The van der Waals surface area contributed by atoms with Gasteiger partial charge in [0.2, 0.25) is 11.8 Å². The van der Waals surface area contributed by atoms with Gasteiger partial charge in [-0.2, -0.15) is 0 Å². The average molecular weight is 353 g/mol. The Labute approximate surface area is 141 Å². The van der Waals surface area contributed by atoms with E-state index in [1.54, 1.807) is 21.6 Å². The lowest BCUT2D eigenvalue weighted by atomic mass is 10.4. The SMILES string of the molecule is CCOCCNC(=O)CCSSCCC(=O)NCCOCC. The number of carbonyl (C=O) groups excluding carboxylic acids is 2. The molecule has 0 fully saturated rings. The molecule has 0 aliphatic heterocycles. The highest BCUT2D eigenvalue weighted by molar-refractivity contribution is 8.76. The van der Waals surface area contributed by atoms with Crippen molar-refractivity contribution in [3.05, 3.63) is 0 Å². The van der Waals surface area contributed by atoms with E-state index in [9.17, 15) is 9.59 Å². The van der Waals surface area contributed by atoms with Gasteiger partial charge in [0.05, 0.1) is 13.2 Å². The van der Waals surface area contributed by atoms with E-state index in [-0.39, 0.29) is 11.8 Å². The topological polar surface area (TPSA) is 76.7 Å². The van der Waals surface area contributed by atoms with E-state index in [1.807, 2.05) is 13.8 Å². The van der Waals surface area contributed by atoms with Crippen LogP contribution in [0.25, 0.3) is 0 Å². The third-order valence-electron chi connectivity index (χ3n) is 2.45. The first-order chi connectivity index (χ1) is 10.7. The van der Waals surface area contributed by atoms with Crippen molar-refractivity contribution in [1.82, 2.24) is 10.6 Å². The highest BCUT2D eigenvalue weighted by atomic mass is 33.1. The van der Waals surface area contributed by atoms with Crippen LogP contribution < -0.4 is 10.6 Å². The molecule has 0 aromatic heterocycles. The summed E-state index contributed by atoms with van der Waals surface area (Å²) < 4.78 is 10.3. The first-order valence-electron chi connectivity index (χ1n) is 7.64. The van der Waals surface area contributed by atoms with Crippen LogP contribution in [0.15, 0.2) is 0 Å². The lowest BCUT2D eigenvalue weighted by Gasteiger charge is -2.06. The lowest BCUT2D eigenvalue weighted by Crippen LogP contribution is -2.27. The minimum absolute atomic E-state index is 0.0430. The molecule has 0 bridgehead atoms. The summed E-state index contributed by atoms with van der Waals surface area (Å²) in [5.41, 5.74) is 0. The zero-order valence-electron chi connectivity index (χ0n) is 13.5. The molecule has 22 heavy (non-hydrogen) atoms. The van der Waals surface area contributed by atoms with E-state index in [2.05, 4.69) is 10.6 Å². The number of rotatable bonds is 15. The molecule has 0 saturated carbocycles. The lowest BCUT2D eigenvalue weighted by molar-refractivity contribution is -0.121. The van der Waals surface area contributed by atoms with Gasteiger partial charge in [-0.05, 0) is 13.8 Å². The van der Waals surface area contributed by atoms with Crippen LogP contribution in [0.4, 0.5) is 0 Å². The zero-order chi connectivity index (χ0) is 16.5. The molecule has 0 aliphatic rings. The molecule has 8 heteroatoms. The summed E-state index contributed by atoms with van der Waals surface area (Å²) >= 11 is 0. The van der Waals surface area contributed by atoms with E-state index in [4.69, 9.17) is 9.47 Å². The van der Waals surface area contributed by atoms with Gasteiger partial charge in [0.1, 0.15) is 0 Å². The predicted molar refractivity (Wildman–Crippen MR) is 93.2 cm³/mol. The van der Waals surface area contributed by atoms with E-state index >= 15 is 0 Å². The Morgan fingerprint density at radius 2 is 1.23 bits per heavy atom. The van der Waals surface area contributed by atoms with Crippen molar-refractivity contribution in [1.29, 1.82) is 0 Å². The van der Waals surface area contributed by atoms with Crippen LogP contribution >= 0.6 is 21.6 Å². The third-order valence-corrected chi connectivity index (χ3v) is 4.86. The van der Waals surface area contributed by atoms with Crippen molar-refractivity contribution in [3.63, 3.8) is 0 Å². The molecule has 0 heterocycles. The van der Waals surface area contributed by atoms with Crippen LogP contribution in [-0.4, -0.2) is 62.8 Å². The molecule has 2 N–H and O–H groups in total. The van der Waals surface area contributed by atoms with Gasteiger partial charge >= 0.3 is 0 Å². The van der Waals surface area contributed by atoms with Gasteiger partial charge in [-0.25, -0.2) is 0 Å². The summed E-state index contributed by atoms with van der Waals surface area (Å²) in [5, 5.41) is 5.60. The number of ether oxygens (including phenoxy) is 2. The van der Waals surface area contributed by atoms with Crippen LogP contribution in [0.1, 0.15) is 26.7 Å². The van der Waals surface area contributed by atoms with Crippen molar-refractivity contribution in [2.24, 2.45) is 0 Å². The Hall–Kier alpha value is -0.440. The first kappa shape index (κ1) is 21.6. The van der Waals surface area contributed by atoms with Gasteiger partial charge in [-0.15, -0.1) is 0 Å². The Balaban J connectivity index is 3.28. The van der Waals surface area contributed by atoms with Crippen molar-refractivity contribution < 1.29 is 19.1 Å². The van der Waals surface area contributed by atoms with Crippen LogP contribution in [0.3, 0.4) is 0 Å². The molecule has 0 unspecified atom stereocenters. The molecule has 0 aliphatic carbocycles. The van der Waals surface area contributed by atoms with Gasteiger partial charge in [-0.3, -0.25) is 9.59 Å². The average Bonchev–Trinajstić information content (AvgIpc) is 2.51. The van der Waals surface area contributed by atoms with Crippen molar-refractivity contribution in [2.45, 2.75) is 26.7 Å². The van der Waals surface area contributed by atoms with Gasteiger partial charge < -0.3 is 20.1 Å². The van der Waals surface area contributed by atoms with E-state index in [1.165, 1.54) is 0 Å². The second-order valence-electron chi connectivity index (χ2n) is 4.24. The molecule has 0 spiro atoms. The Morgan fingerprint density at radius 3 is 1.59 bits per heavy atom. The summed E-state index contributed by atoms with van der Waals surface area (Å²) in [6.07, 6.45) is 0.981. The molecular weight excluding hydrogens is 324 g/mol. The van der Waals surface area contributed by atoms with Crippen LogP contribution in [-0.2, 0) is 19.1 Å². The second kappa shape index (κ2) is 16.9. The molecule has 0 saturated heterocycles. The summed E-state index contributed by atoms with van der Waals surface area (Å²) in [6.45, 7) is 7.43. The fourth-order valence-electron chi connectivity index (χ4n) is 1.38. The van der Waals surface area contributed by atoms with Gasteiger partial charge in [-0.1, -0.05) is 21.6 Å². The molecular formula is C14H28N2O4S2. The number of hydrogen-bond donors (Lipinski definition) is 2. The number of hydrogen-bond acceptors (Lipinski definition) is 6. The molecule has 2 amide bonds. The Kier molecular flexibility index (Phi) is 16.6. The summed E-state index contributed by atoms with van der Waals surface area (Å²) in [5.74, 6) is 1.58. The molecule has 0 atom stereocenters. The number of amides is 2. The standard InChI is InChI=1S/C14H28N2O4S2/c1-3-19-9-7-15-13(17)5-11-21-22-12-6-14(18)16-8-10-20-4-2/h3-12H2,1-2H3,(H,15,17)(H,16,18). The summed E-state index contributed by atoms with van der Waals surface area (Å²) in [6, 6.07) is 0. The normalized spacial score (nSPS) is 10.5. The van der Waals surface area contributed by atoms with Gasteiger partial charge in [0, 0.05) is 50.7 Å². The smallest absolute Gasteiger partial charge is 0.220 e. The highest BCUT2D eigenvalue weighted by Gasteiger charge is 2.03.